The molecule has 2 unspecified atom stereocenters. The first-order valence-electron chi connectivity index (χ1n) is 11.1. The van der Waals surface area contributed by atoms with E-state index in [1.165, 1.54) is 37.1 Å². The van der Waals surface area contributed by atoms with E-state index < -0.39 is 5.60 Å². The average Bonchev–Trinajstić information content (AvgIpc) is 3.07. The van der Waals surface area contributed by atoms with Gasteiger partial charge >= 0.3 is 6.09 Å². The molecular formula is C23H37N3O3. The Bertz CT molecular complexity index is 666. The third-order valence-corrected chi connectivity index (χ3v) is 5.59. The minimum atomic E-state index is -0.467. The molecule has 1 aromatic rings. The summed E-state index contributed by atoms with van der Waals surface area (Å²) in [6, 6.07) is 6.32. The lowest BCUT2D eigenvalue weighted by molar-refractivity contribution is 0.0526. The first kappa shape index (κ1) is 21.8. The molecule has 3 N–H and O–H groups in total. The Hall–Kier alpha value is -1.95. The average molecular weight is 404 g/mol. The lowest BCUT2D eigenvalue weighted by atomic mass is 9.95. The fraction of sp³-hybridized carbons (Fsp3) is 0.696. The van der Waals surface area contributed by atoms with Crippen molar-refractivity contribution in [1.82, 2.24) is 10.6 Å². The molecule has 6 heteroatoms. The molecule has 0 radical (unpaired) electrons. The summed E-state index contributed by atoms with van der Waals surface area (Å²) >= 11 is 0. The maximum absolute atomic E-state index is 11.8. The zero-order valence-corrected chi connectivity index (χ0v) is 18.2. The number of anilines is 1. The van der Waals surface area contributed by atoms with Crippen LogP contribution >= 0.6 is 0 Å². The van der Waals surface area contributed by atoms with E-state index in [1.54, 1.807) is 0 Å². The van der Waals surface area contributed by atoms with E-state index in [4.69, 9.17) is 9.47 Å². The Morgan fingerprint density at radius 3 is 2.86 bits per heavy atom. The van der Waals surface area contributed by atoms with Gasteiger partial charge in [0.05, 0.1) is 6.61 Å². The van der Waals surface area contributed by atoms with Crippen molar-refractivity contribution in [2.75, 3.05) is 38.1 Å². The molecule has 0 spiro atoms. The van der Waals surface area contributed by atoms with Gasteiger partial charge in [-0.25, -0.2) is 4.79 Å². The summed E-state index contributed by atoms with van der Waals surface area (Å²) in [6.07, 6.45) is 5.50. The van der Waals surface area contributed by atoms with Crippen molar-refractivity contribution >= 4 is 11.8 Å². The summed E-state index contributed by atoms with van der Waals surface area (Å²) in [4.78, 5) is 11.8. The number of rotatable bonds is 8. The van der Waals surface area contributed by atoms with E-state index in [0.717, 1.165) is 44.2 Å². The Morgan fingerprint density at radius 1 is 1.24 bits per heavy atom. The number of carbonyl (C=O) groups is 1. The second-order valence-corrected chi connectivity index (χ2v) is 9.25. The first-order chi connectivity index (χ1) is 13.9. The summed E-state index contributed by atoms with van der Waals surface area (Å²) in [6.45, 7) is 10.2. The van der Waals surface area contributed by atoms with Crippen molar-refractivity contribution < 1.29 is 14.3 Å². The molecule has 1 fully saturated rings. The van der Waals surface area contributed by atoms with Crippen molar-refractivity contribution in [3.05, 3.63) is 23.8 Å². The van der Waals surface area contributed by atoms with Crippen molar-refractivity contribution in [3.63, 3.8) is 0 Å². The van der Waals surface area contributed by atoms with E-state index in [9.17, 15) is 4.79 Å². The molecule has 2 atom stereocenters. The molecule has 29 heavy (non-hydrogen) atoms. The quantitative estimate of drug-likeness (QED) is 0.566. The number of amides is 1. The van der Waals surface area contributed by atoms with Crippen LogP contribution in [0.1, 0.15) is 64.4 Å². The van der Waals surface area contributed by atoms with Crippen LogP contribution in [0.25, 0.3) is 0 Å². The summed E-state index contributed by atoms with van der Waals surface area (Å²) in [5.74, 6) is 2.12. The van der Waals surface area contributed by atoms with Crippen LogP contribution in [0.3, 0.4) is 0 Å². The molecule has 6 nitrogen and oxygen atoms in total. The number of nitrogens with one attached hydrogen (secondary N) is 3. The standard InChI is InChI=1S/C23H37N3O3/c1-23(2,3)29-22(27)25-12-10-18-16-26-21-9-8-19(14-20(18)21)28-13-5-7-17-6-4-11-24-15-17/h8-9,14,17-18,24,26H,4-7,10-13,15-16H2,1-3H3,(H,25,27). The molecule has 0 aromatic heterocycles. The number of fused-ring (bicyclic) bond motifs is 1. The highest BCUT2D eigenvalue weighted by Gasteiger charge is 2.23. The van der Waals surface area contributed by atoms with Crippen LogP contribution < -0.4 is 20.7 Å². The van der Waals surface area contributed by atoms with Gasteiger partial charge in [-0.1, -0.05) is 0 Å². The normalized spacial score (nSPS) is 21.2. The van der Waals surface area contributed by atoms with Crippen molar-refractivity contribution in [1.29, 1.82) is 0 Å². The molecule has 0 aliphatic carbocycles. The minimum Gasteiger partial charge on any atom is -0.494 e. The van der Waals surface area contributed by atoms with Gasteiger partial charge in [-0.05, 0) is 95.6 Å². The van der Waals surface area contributed by atoms with Crippen LogP contribution in [0.15, 0.2) is 18.2 Å². The molecule has 3 rings (SSSR count). The molecule has 2 aliphatic rings. The van der Waals surface area contributed by atoms with Crippen molar-refractivity contribution in [2.45, 2.75) is 64.4 Å². The molecule has 162 valence electrons. The van der Waals surface area contributed by atoms with E-state index in [2.05, 4.69) is 34.1 Å². The second-order valence-electron chi connectivity index (χ2n) is 9.25. The largest absolute Gasteiger partial charge is 0.494 e. The van der Waals surface area contributed by atoms with Crippen LogP contribution in [0.2, 0.25) is 0 Å². The number of piperidine rings is 1. The van der Waals surface area contributed by atoms with Gasteiger partial charge in [0.15, 0.2) is 0 Å². The summed E-state index contributed by atoms with van der Waals surface area (Å²) in [7, 11) is 0. The van der Waals surface area contributed by atoms with Gasteiger partial charge in [-0.15, -0.1) is 0 Å². The third kappa shape index (κ3) is 7.11. The molecule has 0 saturated carbocycles. The molecule has 1 aromatic carbocycles. The van der Waals surface area contributed by atoms with Crippen molar-refractivity contribution in [3.8, 4) is 5.75 Å². The van der Waals surface area contributed by atoms with Crippen LogP contribution in [-0.2, 0) is 4.74 Å². The van der Waals surface area contributed by atoms with E-state index in [1.807, 2.05) is 20.8 Å². The highest BCUT2D eigenvalue weighted by atomic mass is 16.6. The maximum Gasteiger partial charge on any atom is 0.407 e. The molecule has 1 amide bonds. The Labute approximate surface area is 175 Å². The van der Waals surface area contributed by atoms with Gasteiger partial charge in [-0.3, -0.25) is 0 Å². The fourth-order valence-electron chi connectivity index (χ4n) is 4.13. The summed E-state index contributed by atoms with van der Waals surface area (Å²) in [5.41, 5.74) is 1.99. The number of benzene rings is 1. The predicted molar refractivity (Wildman–Crippen MR) is 117 cm³/mol. The Morgan fingerprint density at radius 2 is 2.10 bits per heavy atom. The molecule has 2 aliphatic heterocycles. The Balaban J connectivity index is 1.41. The van der Waals surface area contributed by atoms with Gasteiger partial charge in [0, 0.05) is 24.7 Å². The zero-order chi connectivity index (χ0) is 20.7. The topological polar surface area (TPSA) is 71.6 Å². The highest BCUT2D eigenvalue weighted by molar-refractivity contribution is 5.67. The molecule has 2 heterocycles. The van der Waals surface area contributed by atoms with E-state index >= 15 is 0 Å². The second kappa shape index (κ2) is 10.2. The minimum absolute atomic E-state index is 0.353. The monoisotopic (exact) mass is 403 g/mol. The SMILES string of the molecule is CC(C)(C)OC(=O)NCCC1CNc2ccc(OCCCC3CCCNC3)cc21. The lowest BCUT2D eigenvalue weighted by Gasteiger charge is -2.22. The van der Waals surface area contributed by atoms with E-state index in [-0.39, 0.29) is 6.09 Å². The first-order valence-corrected chi connectivity index (χ1v) is 11.1. The predicted octanol–water partition coefficient (Wildman–Crippen LogP) is 4.27. The number of hydrogen-bond acceptors (Lipinski definition) is 5. The van der Waals surface area contributed by atoms with Crippen LogP contribution in [0.4, 0.5) is 10.5 Å². The lowest BCUT2D eigenvalue weighted by Crippen LogP contribution is -2.33. The summed E-state index contributed by atoms with van der Waals surface area (Å²) < 4.78 is 11.3. The number of alkyl carbamates (subject to hydrolysis) is 1. The number of carbonyl (C=O) groups excluding carboxylic acids is 1. The summed E-state index contributed by atoms with van der Waals surface area (Å²) in [5, 5.41) is 9.80. The van der Waals surface area contributed by atoms with Gasteiger partial charge < -0.3 is 25.4 Å². The van der Waals surface area contributed by atoms with Crippen LogP contribution in [-0.4, -0.2) is 44.5 Å². The number of hydrogen-bond donors (Lipinski definition) is 3. The third-order valence-electron chi connectivity index (χ3n) is 5.59. The van der Waals surface area contributed by atoms with Crippen LogP contribution in [0.5, 0.6) is 5.75 Å². The van der Waals surface area contributed by atoms with Crippen LogP contribution in [0, 0.1) is 5.92 Å². The number of ether oxygens (including phenoxy) is 2. The van der Waals surface area contributed by atoms with Crippen molar-refractivity contribution in [2.24, 2.45) is 5.92 Å². The maximum atomic E-state index is 11.8. The van der Waals surface area contributed by atoms with Gasteiger partial charge in [0.25, 0.3) is 0 Å². The van der Waals surface area contributed by atoms with Gasteiger partial charge in [0.2, 0.25) is 0 Å². The smallest absolute Gasteiger partial charge is 0.407 e. The Kier molecular flexibility index (Phi) is 7.64. The molecule has 1 saturated heterocycles. The zero-order valence-electron chi connectivity index (χ0n) is 18.2. The fourth-order valence-corrected chi connectivity index (χ4v) is 4.13. The highest BCUT2D eigenvalue weighted by Crippen LogP contribution is 2.36. The molecular weight excluding hydrogens is 366 g/mol. The molecule has 0 bridgehead atoms. The van der Waals surface area contributed by atoms with Gasteiger partial charge in [0.1, 0.15) is 11.4 Å². The van der Waals surface area contributed by atoms with E-state index in [0.29, 0.717) is 12.5 Å². The van der Waals surface area contributed by atoms with Gasteiger partial charge in [-0.2, -0.15) is 0 Å².